The van der Waals surface area contributed by atoms with Gasteiger partial charge in [0.25, 0.3) is 0 Å². The lowest BCUT2D eigenvalue weighted by atomic mass is 10.2. The van der Waals surface area contributed by atoms with Crippen molar-refractivity contribution in [2.45, 2.75) is 0 Å². The van der Waals surface area contributed by atoms with Gasteiger partial charge in [-0.3, -0.25) is 0 Å². The Hall–Kier alpha value is -1.41. The SMILES string of the molecule is N#Cc1cnc(N2CCSCC2)c(N)c1. The lowest BCUT2D eigenvalue weighted by Crippen LogP contribution is -2.33. The number of aromatic nitrogens is 1. The zero-order valence-electron chi connectivity index (χ0n) is 8.31. The second kappa shape index (κ2) is 4.41. The summed E-state index contributed by atoms with van der Waals surface area (Å²) >= 11 is 1.94. The monoisotopic (exact) mass is 220 g/mol. The van der Waals surface area contributed by atoms with Gasteiger partial charge in [0, 0.05) is 30.8 Å². The van der Waals surface area contributed by atoms with Crippen LogP contribution in [0.3, 0.4) is 0 Å². The molecule has 0 saturated carbocycles. The minimum atomic E-state index is 0.516. The molecular formula is C10H12N4S. The predicted molar refractivity (Wildman–Crippen MR) is 62.9 cm³/mol. The Morgan fingerprint density at radius 2 is 2.20 bits per heavy atom. The zero-order chi connectivity index (χ0) is 10.7. The quantitative estimate of drug-likeness (QED) is 0.767. The third-order valence-electron chi connectivity index (χ3n) is 2.33. The van der Waals surface area contributed by atoms with Gasteiger partial charge in [0.2, 0.25) is 0 Å². The fourth-order valence-electron chi connectivity index (χ4n) is 1.58. The van der Waals surface area contributed by atoms with Crippen LogP contribution in [0.15, 0.2) is 12.3 Å². The van der Waals surface area contributed by atoms with Crippen molar-refractivity contribution >= 4 is 23.3 Å². The average Bonchev–Trinajstić information content (AvgIpc) is 2.30. The van der Waals surface area contributed by atoms with Crippen molar-refractivity contribution in [3.63, 3.8) is 0 Å². The normalized spacial score (nSPS) is 16.1. The molecule has 0 atom stereocenters. The van der Waals surface area contributed by atoms with Crippen LogP contribution in [-0.2, 0) is 0 Å². The van der Waals surface area contributed by atoms with Crippen molar-refractivity contribution in [1.82, 2.24) is 4.98 Å². The number of hydrogen-bond donors (Lipinski definition) is 1. The summed E-state index contributed by atoms with van der Waals surface area (Å²) in [4.78, 5) is 6.42. The van der Waals surface area contributed by atoms with Crippen molar-refractivity contribution in [3.8, 4) is 6.07 Å². The summed E-state index contributed by atoms with van der Waals surface area (Å²) in [5.74, 6) is 3.04. The summed E-state index contributed by atoms with van der Waals surface area (Å²) in [6.07, 6.45) is 1.58. The van der Waals surface area contributed by atoms with Crippen LogP contribution >= 0.6 is 11.8 Å². The smallest absolute Gasteiger partial charge is 0.151 e. The Morgan fingerprint density at radius 1 is 1.47 bits per heavy atom. The van der Waals surface area contributed by atoms with Gasteiger partial charge in [0.15, 0.2) is 5.82 Å². The largest absolute Gasteiger partial charge is 0.396 e. The van der Waals surface area contributed by atoms with E-state index >= 15 is 0 Å². The van der Waals surface area contributed by atoms with E-state index in [9.17, 15) is 0 Å². The van der Waals surface area contributed by atoms with Gasteiger partial charge in [-0.15, -0.1) is 0 Å². The molecular weight excluding hydrogens is 208 g/mol. The van der Waals surface area contributed by atoms with E-state index in [1.807, 2.05) is 17.8 Å². The maximum absolute atomic E-state index is 8.70. The molecule has 2 rings (SSSR count). The van der Waals surface area contributed by atoms with Crippen molar-refractivity contribution in [2.24, 2.45) is 0 Å². The Balaban J connectivity index is 2.24. The summed E-state index contributed by atoms with van der Waals surface area (Å²) < 4.78 is 0. The highest BCUT2D eigenvalue weighted by atomic mass is 32.2. The average molecular weight is 220 g/mol. The molecule has 0 aromatic carbocycles. The molecule has 2 heterocycles. The van der Waals surface area contributed by atoms with E-state index in [-0.39, 0.29) is 0 Å². The lowest BCUT2D eigenvalue weighted by molar-refractivity contribution is 0.841. The number of nitriles is 1. The van der Waals surface area contributed by atoms with E-state index < -0.39 is 0 Å². The van der Waals surface area contributed by atoms with Crippen molar-refractivity contribution in [3.05, 3.63) is 17.8 Å². The number of nitrogens with zero attached hydrogens (tertiary/aromatic N) is 3. The number of rotatable bonds is 1. The molecule has 1 aromatic rings. The van der Waals surface area contributed by atoms with E-state index in [4.69, 9.17) is 11.0 Å². The molecule has 1 aromatic heterocycles. The third kappa shape index (κ3) is 2.16. The van der Waals surface area contributed by atoms with Crippen LogP contribution in [0.5, 0.6) is 0 Å². The first kappa shape index (κ1) is 10.1. The van der Waals surface area contributed by atoms with Gasteiger partial charge in [0.05, 0.1) is 11.3 Å². The van der Waals surface area contributed by atoms with E-state index in [1.54, 1.807) is 12.3 Å². The molecule has 78 valence electrons. The zero-order valence-corrected chi connectivity index (χ0v) is 9.13. The number of nitrogens with two attached hydrogens (primary N) is 1. The summed E-state index contributed by atoms with van der Waals surface area (Å²) in [5.41, 5.74) is 6.98. The van der Waals surface area contributed by atoms with Gasteiger partial charge in [-0.05, 0) is 6.07 Å². The second-order valence-corrected chi connectivity index (χ2v) is 4.57. The summed E-state index contributed by atoms with van der Waals surface area (Å²) in [7, 11) is 0. The number of thioether (sulfide) groups is 1. The molecule has 1 fully saturated rings. The van der Waals surface area contributed by atoms with Crippen LogP contribution in [0.1, 0.15) is 5.56 Å². The van der Waals surface area contributed by atoms with E-state index in [0.29, 0.717) is 11.3 Å². The fraction of sp³-hybridized carbons (Fsp3) is 0.400. The summed E-state index contributed by atoms with van der Waals surface area (Å²) in [5, 5.41) is 8.70. The van der Waals surface area contributed by atoms with Gasteiger partial charge in [-0.1, -0.05) is 0 Å². The van der Waals surface area contributed by atoms with Crippen molar-refractivity contribution < 1.29 is 0 Å². The van der Waals surface area contributed by atoms with Crippen molar-refractivity contribution in [2.75, 3.05) is 35.2 Å². The predicted octanol–water partition coefficient (Wildman–Crippen LogP) is 1.09. The maximum Gasteiger partial charge on any atom is 0.151 e. The molecule has 4 nitrogen and oxygen atoms in total. The maximum atomic E-state index is 8.70. The first-order chi connectivity index (χ1) is 7.31. The van der Waals surface area contributed by atoms with Crippen LogP contribution < -0.4 is 10.6 Å². The molecule has 0 bridgehead atoms. The minimum absolute atomic E-state index is 0.516. The first-order valence-corrected chi connectivity index (χ1v) is 5.95. The molecule has 0 radical (unpaired) electrons. The molecule has 2 N–H and O–H groups in total. The standard InChI is InChI=1S/C10H12N4S/c11-6-8-5-9(12)10(13-7-8)14-1-3-15-4-2-14/h5,7H,1-4,12H2. The van der Waals surface area contributed by atoms with Crippen LogP contribution in [0, 0.1) is 11.3 Å². The van der Waals surface area contributed by atoms with Crippen LogP contribution in [-0.4, -0.2) is 29.6 Å². The van der Waals surface area contributed by atoms with Gasteiger partial charge in [0.1, 0.15) is 6.07 Å². The second-order valence-electron chi connectivity index (χ2n) is 3.35. The lowest BCUT2D eigenvalue weighted by Gasteiger charge is -2.28. The topological polar surface area (TPSA) is 65.9 Å². The molecule has 0 spiro atoms. The van der Waals surface area contributed by atoms with Crippen LogP contribution in [0.2, 0.25) is 0 Å². The summed E-state index contributed by atoms with van der Waals surface area (Å²) in [6.45, 7) is 1.96. The first-order valence-electron chi connectivity index (χ1n) is 4.79. The minimum Gasteiger partial charge on any atom is -0.396 e. The van der Waals surface area contributed by atoms with Crippen LogP contribution in [0.4, 0.5) is 11.5 Å². The summed E-state index contributed by atoms with van der Waals surface area (Å²) in [6, 6.07) is 3.72. The third-order valence-corrected chi connectivity index (χ3v) is 3.28. The number of nitrogen functional groups attached to an aromatic ring is 1. The Morgan fingerprint density at radius 3 is 2.80 bits per heavy atom. The highest BCUT2D eigenvalue weighted by molar-refractivity contribution is 7.99. The molecule has 1 saturated heterocycles. The molecule has 5 heteroatoms. The number of hydrogen-bond acceptors (Lipinski definition) is 5. The van der Waals surface area contributed by atoms with Gasteiger partial charge < -0.3 is 10.6 Å². The molecule has 0 amide bonds. The van der Waals surface area contributed by atoms with Gasteiger partial charge in [-0.2, -0.15) is 17.0 Å². The fourth-order valence-corrected chi connectivity index (χ4v) is 2.48. The molecule has 1 aliphatic rings. The molecule has 1 aliphatic heterocycles. The molecule has 0 aliphatic carbocycles. The van der Waals surface area contributed by atoms with Gasteiger partial charge >= 0.3 is 0 Å². The molecule has 15 heavy (non-hydrogen) atoms. The van der Waals surface area contributed by atoms with Crippen molar-refractivity contribution in [1.29, 1.82) is 5.26 Å². The van der Waals surface area contributed by atoms with E-state index in [1.165, 1.54) is 0 Å². The molecule has 0 unspecified atom stereocenters. The van der Waals surface area contributed by atoms with E-state index in [2.05, 4.69) is 9.88 Å². The number of pyridine rings is 1. The van der Waals surface area contributed by atoms with Gasteiger partial charge in [-0.25, -0.2) is 4.98 Å². The van der Waals surface area contributed by atoms with E-state index in [0.717, 1.165) is 30.4 Å². The Labute approximate surface area is 93.1 Å². The Bertz CT molecular complexity index is 393. The van der Waals surface area contributed by atoms with Crippen LogP contribution in [0.25, 0.3) is 0 Å². The highest BCUT2D eigenvalue weighted by Crippen LogP contribution is 2.23. The number of anilines is 2. The highest BCUT2D eigenvalue weighted by Gasteiger charge is 2.14. The Kier molecular flexibility index (Phi) is 2.97.